The van der Waals surface area contributed by atoms with Crippen LogP contribution in [0.3, 0.4) is 0 Å². The standard InChI is InChI=1S/C17H17NS/c1-12(18-2)14-7-3-4-8-15(14)16-9-5-6-13-10-11-19-17(13)16/h3-12,18H,1-2H3. The highest BCUT2D eigenvalue weighted by Gasteiger charge is 2.12. The Morgan fingerprint density at radius 3 is 2.58 bits per heavy atom. The minimum absolute atomic E-state index is 0.353. The van der Waals surface area contributed by atoms with Crippen LogP contribution in [0.15, 0.2) is 53.9 Å². The van der Waals surface area contributed by atoms with Gasteiger partial charge in [-0.2, -0.15) is 0 Å². The van der Waals surface area contributed by atoms with E-state index in [0.717, 1.165) is 0 Å². The Bertz CT molecular complexity index is 699. The van der Waals surface area contributed by atoms with Crippen molar-refractivity contribution >= 4 is 21.4 Å². The van der Waals surface area contributed by atoms with E-state index in [-0.39, 0.29) is 0 Å². The average molecular weight is 267 g/mol. The van der Waals surface area contributed by atoms with Crippen molar-refractivity contribution in [2.24, 2.45) is 0 Å². The van der Waals surface area contributed by atoms with Gasteiger partial charge in [-0.3, -0.25) is 0 Å². The lowest BCUT2D eigenvalue weighted by Gasteiger charge is -2.16. The summed E-state index contributed by atoms with van der Waals surface area (Å²) in [6.07, 6.45) is 0. The summed E-state index contributed by atoms with van der Waals surface area (Å²) >= 11 is 1.82. The topological polar surface area (TPSA) is 12.0 Å². The summed E-state index contributed by atoms with van der Waals surface area (Å²) in [5, 5.41) is 6.83. The maximum atomic E-state index is 3.34. The van der Waals surface area contributed by atoms with Crippen molar-refractivity contribution in [1.29, 1.82) is 0 Å². The first-order valence-electron chi connectivity index (χ1n) is 6.54. The molecule has 2 heteroatoms. The van der Waals surface area contributed by atoms with E-state index in [0.29, 0.717) is 6.04 Å². The molecule has 0 fully saturated rings. The average Bonchev–Trinajstić information content (AvgIpc) is 2.94. The van der Waals surface area contributed by atoms with E-state index in [1.807, 2.05) is 18.4 Å². The van der Waals surface area contributed by atoms with Crippen molar-refractivity contribution in [1.82, 2.24) is 5.32 Å². The number of fused-ring (bicyclic) bond motifs is 1. The van der Waals surface area contributed by atoms with Crippen molar-refractivity contribution < 1.29 is 0 Å². The van der Waals surface area contributed by atoms with Crippen LogP contribution in [0.4, 0.5) is 0 Å². The third kappa shape index (κ3) is 2.18. The molecule has 0 saturated carbocycles. The summed E-state index contributed by atoms with van der Waals surface area (Å²) in [4.78, 5) is 0. The lowest BCUT2D eigenvalue weighted by atomic mass is 9.95. The second-order valence-corrected chi connectivity index (χ2v) is 5.66. The molecule has 1 nitrogen and oxygen atoms in total. The molecule has 0 radical (unpaired) electrons. The second kappa shape index (κ2) is 5.16. The van der Waals surface area contributed by atoms with Gasteiger partial charge in [0.15, 0.2) is 0 Å². The normalized spacial score (nSPS) is 12.7. The first-order valence-corrected chi connectivity index (χ1v) is 7.42. The van der Waals surface area contributed by atoms with Crippen molar-refractivity contribution in [2.45, 2.75) is 13.0 Å². The maximum Gasteiger partial charge on any atom is 0.0421 e. The SMILES string of the molecule is CNC(C)c1ccccc1-c1cccc2ccsc12. The van der Waals surface area contributed by atoms with Gasteiger partial charge in [-0.25, -0.2) is 0 Å². The van der Waals surface area contributed by atoms with Gasteiger partial charge in [0.2, 0.25) is 0 Å². The molecule has 1 aromatic heterocycles. The molecule has 1 atom stereocenters. The van der Waals surface area contributed by atoms with Crippen LogP contribution in [-0.4, -0.2) is 7.05 Å². The van der Waals surface area contributed by atoms with Crippen molar-refractivity contribution in [3.05, 3.63) is 59.5 Å². The molecule has 96 valence electrons. The van der Waals surface area contributed by atoms with Gasteiger partial charge in [-0.1, -0.05) is 42.5 Å². The lowest BCUT2D eigenvalue weighted by molar-refractivity contribution is 0.654. The minimum Gasteiger partial charge on any atom is -0.313 e. The van der Waals surface area contributed by atoms with Crippen LogP contribution in [0.25, 0.3) is 21.2 Å². The lowest BCUT2D eigenvalue weighted by Crippen LogP contribution is -2.13. The monoisotopic (exact) mass is 267 g/mol. The molecule has 1 N–H and O–H groups in total. The van der Waals surface area contributed by atoms with E-state index < -0.39 is 0 Å². The zero-order valence-electron chi connectivity index (χ0n) is 11.2. The van der Waals surface area contributed by atoms with Crippen LogP contribution in [0.2, 0.25) is 0 Å². The van der Waals surface area contributed by atoms with Gasteiger partial charge in [-0.15, -0.1) is 11.3 Å². The van der Waals surface area contributed by atoms with Gasteiger partial charge in [0.25, 0.3) is 0 Å². The molecule has 0 aliphatic heterocycles. The van der Waals surface area contributed by atoms with Crippen LogP contribution >= 0.6 is 11.3 Å². The highest BCUT2D eigenvalue weighted by molar-refractivity contribution is 7.17. The molecule has 3 aromatic rings. The fourth-order valence-corrected chi connectivity index (χ4v) is 3.41. The summed E-state index contributed by atoms with van der Waals surface area (Å²) in [6.45, 7) is 2.20. The first-order chi connectivity index (χ1) is 9.31. The second-order valence-electron chi connectivity index (χ2n) is 4.74. The third-order valence-corrected chi connectivity index (χ3v) is 4.59. The Morgan fingerprint density at radius 2 is 1.74 bits per heavy atom. The molecule has 0 amide bonds. The Labute approximate surface area is 117 Å². The van der Waals surface area contributed by atoms with Crippen LogP contribution in [0.5, 0.6) is 0 Å². The fraction of sp³-hybridized carbons (Fsp3) is 0.176. The molecule has 0 spiro atoms. The number of hydrogen-bond acceptors (Lipinski definition) is 2. The molecule has 0 bridgehead atoms. The van der Waals surface area contributed by atoms with Gasteiger partial charge in [-0.05, 0) is 47.5 Å². The number of nitrogens with one attached hydrogen (secondary N) is 1. The van der Waals surface area contributed by atoms with E-state index in [9.17, 15) is 0 Å². The number of thiophene rings is 1. The molecular weight excluding hydrogens is 250 g/mol. The predicted molar refractivity (Wildman–Crippen MR) is 84.7 cm³/mol. The largest absolute Gasteiger partial charge is 0.313 e. The summed E-state index contributed by atoms with van der Waals surface area (Å²) in [6, 6.07) is 17.7. The van der Waals surface area contributed by atoms with Gasteiger partial charge in [0.1, 0.15) is 0 Å². The molecule has 3 rings (SSSR count). The summed E-state index contributed by atoms with van der Waals surface area (Å²) in [7, 11) is 2.01. The van der Waals surface area contributed by atoms with Crippen LogP contribution < -0.4 is 5.32 Å². The Kier molecular flexibility index (Phi) is 3.36. The first kappa shape index (κ1) is 12.4. The number of rotatable bonds is 3. The fourth-order valence-electron chi connectivity index (χ4n) is 2.48. The summed E-state index contributed by atoms with van der Waals surface area (Å²) in [5.74, 6) is 0. The zero-order valence-corrected chi connectivity index (χ0v) is 12.0. The van der Waals surface area contributed by atoms with E-state index >= 15 is 0 Å². The third-order valence-electron chi connectivity index (χ3n) is 3.63. The van der Waals surface area contributed by atoms with Crippen LogP contribution in [0, 0.1) is 0 Å². The minimum atomic E-state index is 0.353. The van der Waals surface area contributed by atoms with E-state index in [4.69, 9.17) is 0 Å². The van der Waals surface area contributed by atoms with E-state index in [1.165, 1.54) is 26.8 Å². The highest BCUT2D eigenvalue weighted by atomic mass is 32.1. The molecule has 0 aliphatic rings. The maximum absolute atomic E-state index is 3.34. The van der Waals surface area contributed by atoms with Gasteiger partial charge < -0.3 is 5.32 Å². The van der Waals surface area contributed by atoms with Crippen molar-refractivity contribution in [3.63, 3.8) is 0 Å². The summed E-state index contributed by atoms with van der Waals surface area (Å²) in [5.41, 5.74) is 4.02. The van der Waals surface area contributed by atoms with Gasteiger partial charge in [0.05, 0.1) is 0 Å². The summed E-state index contributed by atoms with van der Waals surface area (Å²) < 4.78 is 1.37. The molecule has 1 unspecified atom stereocenters. The van der Waals surface area contributed by atoms with Gasteiger partial charge in [0, 0.05) is 10.7 Å². The number of benzene rings is 2. The molecule has 19 heavy (non-hydrogen) atoms. The van der Waals surface area contributed by atoms with Crippen LogP contribution in [0.1, 0.15) is 18.5 Å². The van der Waals surface area contributed by atoms with Crippen LogP contribution in [-0.2, 0) is 0 Å². The van der Waals surface area contributed by atoms with Crippen molar-refractivity contribution in [2.75, 3.05) is 7.05 Å². The molecule has 0 saturated heterocycles. The Morgan fingerprint density at radius 1 is 0.947 bits per heavy atom. The molecule has 1 heterocycles. The van der Waals surface area contributed by atoms with E-state index in [1.54, 1.807) is 0 Å². The molecular formula is C17H17NS. The van der Waals surface area contributed by atoms with Gasteiger partial charge >= 0.3 is 0 Å². The molecule has 2 aromatic carbocycles. The zero-order chi connectivity index (χ0) is 13.2. The highest BCUT2D eigenvalue weighted by Crippen LogP contribution is 2.35. The number of hydrogen-bond donors (Lipinski definition) is 1. The van der Waals surface area contributed by atoms with E-state index in [2.05, 4.69) is 66.2 Å². The molecule has 0 aliphatic carbocycles. The Balaban J connectivity index is 2.24. The quantitative estimate of drug-likeness (QED) is 0.715. The smallest absolute Gasteiger partial charge is 0.0421 e. The predicted octanol–water partition coefficient (Wildman–Crippen LogP) is 4.85. The van der Waals surface area contributed by atoms with Crippen molar-refractivity contribution in [3.8, 4) is 11.1 Å². The Hall–Kier alpha value is -1.64.